The van der Waals surface area contributed by atoms with Crippen molar-refractivity contribution >= 4 is 21.7 Å². The molecule has 5 heteroatoms. The van der Waals surface area contributed by atoms with E-state index in [0.717, 1.165) is 22.7 Å². The minimum atomic E-state index is 0.805. The van der Waals surface area contributed by atoms with Gasteiger partial charge in [-0.15, -0.1) is 0 Å². The van der Waals surface area contributed by atoms with E-state index in [-0.39, 0.29) is 0 Å². The van der Waals surface area contributed by atoms with Crippen LogP contribution in [0.15, 0.2) is 35.1 Å². The Bertz CT molecular complexity index is 452. The van der Waals surface area contributed by atoms with Crippen LogP contribution in [0.3, 0.4) is 0 Å². The van der Waals surface area contributed by atoms with Crippen LogP contribution in [0.4, 0.5) is 5.82 Å². The van der Waals surface area contributed by atoms with Crippen molar-refractivity contribution in [1.29, 1.82) is 0 Å². The van der Waals surface area contributed by atoms with E-state index in [9.17, 15) is 0 Å². The molecule has 0 aliphatic rings. The fraction of sp³-hybridized carbons (Fsp3) is 0.200. The molecule has 2 aromatic rings. The fourth-order valence-corrected chi connectivity index (χ4v) is 1.54. The summed E-state index contributed by atoms with van der Waals surface area (Å²) in [5, 5.41) is 7.33. The number of hydrogen-bond donors (Lipinski definition) is 1. The van der Waals surface area contributed by atoms with Crippen molar-refractivity contribution in [3.63, 3.8) is 0 Å². The first kappa shape index (κ1) is 10.2. The third-order valence-corrected chi connectivity index (χ3v) is 2.29. The van der Waals surface area contributed by atoms with E-state index in [1.165, 1.54) is 0 Å². The van der Waals surface area contributed by atoms with Gasteiger partial charge >= 0.3 is 0 Å². The van der Waals surface area contributed by atoms with Gasteiger partial charge in [0.25, 0.3) is 0 Å². The number of anilines is 1. The van der Waals surface area contributed by atoms with E-state index in [0.29, 0.717) is 0 Å². The monoisotopic (exact) mass is 266 g/mol. The van der Waals surface area contributed by atoms with Crippen LogP contribution >= 0.6 is 15.9 Å². The highest BCUT2D eigenvalue weighted by Gasteiger charge is 2.00. The van der Waals surface area contributed by atoms with E-state index in [1.54, 1.807) is 10.9 Å². The van der Waals surface area contributed by atoms with Crippen molar-refractivity contribution in [1.82, 2.24) is 14.8 Å². The van der Waals surface area contributed by atoms with Crippen molar-refractivity contribution < 1.29 is 0 Å². The third kappa shape index (κ3) is 2.36. The first-order valence-electron chi connectivity index (χ1n) is 4.71. The van der Waals surface area contributed by atoms with Crippen LogP contribution in [0.1, 0.15) is 6.92 Å². The lowest BCUT2D eigenvalue weighted by Gasteiger charge is -2.04. The summed E-state index contributed by atoms with van der Waals surface area (Å²) in [6.07, 6.45) is 3.61. The predicted molar refractivity (Wildman–Crippen MR) is 63.2 cm³/mol. The van der Waals surface area contributed by atoms with Crippen LogP contribution in [0, 0.1) is 0 Å². The number of pyridine rings is 1. The van der Waals surface area contributed by atoms with Gasteiger partial charge in [0.15, 0.2) is 5.82 Å². The molecule has 2 aromatic heterocycles. The van der Waals surface area contributed by atoms with Crippen LogP contribution in [0.5, 0.6) is 0 Å². The molecule has 0 aliphatic carbocycles. The lowest BCUT2D eigenvalue weighted by Crippen LogP contribution is -2.03. The zero-order valence-electron chi connectivity index (χ0n) is 8.31. The van der Waals surface area contributed by atoms with Crippen molar-refractivity contribution in [3.8, 4) is 5.82 Å². The molecule has 78 valence electrons. The fourth-order valence-electron chi connectivity index (χ4n) is 1.26. The second-order valence-electron chi connectivity index (χ2n) is 3.01. The molecule has 0 aliphatic heterocycles. The molecule has 0 aromatic carbocycles. The van der Waals surface area contributed by atoms with Crippen LogP contribution in [0.2, 0.25) is 0 Å². The standard InChI is InChI=1S/C10H11BrN4/c1-2-12-9-4-3-5-10(14-9)15-7-8(11)6-13-15/h3-7H,2H2,1H3,(H,12,14). The highest BCUT2D eigenvalue weighted by Crippen LogP contribution is 2.12. The first-order chi connectivity index (χ1) is 7.29. The second kappa shape index (κ2) is 4.44. The predicted octanol–water partition coefficient (Wildman–Crippen LogP) is 2.46. The second-order valence-corrected chi connectivity index (χ2v) is 3.93. The van der Waals surface area contributed by atoms with Crippen molar-refractivity contribution in [2.45, 2.75) is 6.92 Å². The highest BCUT2D eigenvalue weighted by atomic mass is 79.9. The molecule has 1 N–H and O–H groups in total. The van der Waals surface area contributed by atoms with Gasteiger partial charge in [0.05, 0.1) is 10.7 Å². The number of nitrogens with zero attached hydrogens (tertiary/aromatic N) is 3. The Morgan fingerprint density at radius 3 is 3.00 bits per heavy atom. The Kier molecular flexibility index (Phi) is 3.01. The molecular weight excluding hydrogens is 256 g/mol. The average Bonchev–Trinajstić information content (AvgIpc) is 2.66. The van der Waals surface area contributed by atoms with E-state index in [1.807, 2.05) is 31.3 Å². The van der Waals surface area contributed by atoms with Gasteiger partial charge in [-0.25, -0.2) is 9.67 Å². The highest BCUT2D eigenvalue weighted by molar-refractivity contribution is 9.10. The summed E-state index contributed by atoms with van der Waals surface area (Å²) < 4.78 is 2.67. The largest absolute Gasteiger partial charge is 0.370 e. The molecule has 0 spiro atoms. The summed E-state index contributed by atoms with van der Waals surface area (Å²) in [5.41, 5.74) is 0. The summed E-state index contributed by atoms with van der Waals surface area (Å²) in [5.74, 6) is 1.67. The Morgan fingerprint density at radius 1 is 1.47 bits per heavy atom. The van der Waals surface area contributed by atoms with Crippen LogP contribution in [-0.4, -0.2) is 21.3 Å². The van der Waals surface area contributed by atoms with Gasteiger partial charge in [-0.1, -0.05) is 6.07 Å². The summed E-state index contributed by atoms with van der Waals surface area (Å²) in [6.45, 7) is 2.90. The molecule has 0 saturated heterocycles. The summed E-state index contributed by atoms with van der Waals surface area (Å²) in [6, 6.07) is 5.81. The SMILES string of the molecule is CCNc1cccc(-n2cc(Br)cn2)n1. The molecule has 0 bridgehead atoms. The van der Waals surface area contributed by atoms with Gasteiger partial charge in [-0.05, 0) is 35.0 Å². The normalized spacial score (nSPS) is 10.3. The van der Waals surface area contributed by atoms with E-state index < -0.39 is 0 Å². The molecular formula is C10H11BrN4. The summed E-state index contributed by atoms with van der Waals surface area (Å²) in [7, 11) is 0. The Balaban J connectivity index is 2.32. The molecule has 4 nitrogen and oxygen atoms in total. The molecule has 2 heterocycles. The Morgan fingerprint density at radius 2 is 2.33 bits per heavy atom. The minimum Gasteiger partial charge on any atom is -0.370 e. The average molecular weight is 267 g/mol. The van der Waals surface area contributed by atoms with Gasteiger partial charge in [0.2, 0.25) is 0 Å². The molecule has 0 saturated carbocycles. The summed E-state index contributed by atoms with van der Waals surface area (Å²) in [4.78, 5) is 4.41. The smallest absolute Gasteiger partial charge is 0.155 e. The molecule has 0 unspecified atom stereocenters. The van der Waals surface area contributed by atoms with E-state index >= 15 is 0 Å². The molecule has 0 radical (unpaired) electrons. The number of halogens is 1. The molecule has 2 rings (SSSR count). The van der Waals surface area contributed by atoms with Gasteiger partial charge in [0, 0.05) is 12.7 Å². The molecule has 0 fully saturated rings. The van der Waals surface area contributed by atoms with Crippen molar-refractivity contribution in [3.05, 3.63) is 35.1 Å². The molecule has 0 atom stereocenters. The van der Waals surface area contributed by atoms with Crippen molar-refractivity contribution in [2.75, 3.05) is 11.9 Å². The topological polar surface area (TPSA) is 42.7 Å². The molecule has 15 heavy (non-hydrogen) atoms. The minimum absolute atomic E-state index is 0.805. The third-order valence-electron chi connectivity index (χ3n) is 1.88. The zero-order valence-corrected chi connectivity index (χ0v) is 9.90. The van der Waals surface area contributed by atoms with E-state index in [4.69, 9.17) is 0 Å². The zero-order chi connectivity index (χ0) is 10.7. The van der Waals surface area contributed by atoms with Crippen LogP contribution < -0.4 is 5.32 Å². The van der Waals surface area contributed by atoms with Crippen LogP contribution in [0.25, 0.3) is 5.82 Å². The van der Waals surface area contributed by atoms with Crippen LogP contribution in [-0.2, 0) is 0 Å². The maximum absolute atomic E-state index is 4.41. The van der Waals surface area contributed by atoms with Gasteiger partial charge in [0.1, 0.15) is 5.82 Å². The van der Waals surface area contributed by atoms with Gasteiger partial charge in [-0.3, -0.25) is 0 Å². The number of rotatable bonds is 3. The van der Waals surface area contributed by atoms with Crippen molar-refractivity contribution in [2.24, 2.45) is 0 Å². The number of aromatic nitrogens is 3. The Hall–Kier alpha value is -1.36. The number of nitrogens with one attached hydrogen (secondary N) is 1. The van der Waals surface area contributed by atoms with E-state index in [2.05, 4.69) is 31.3 Å². The number of hydrogen-bond acceptors (Lipinski definition) is 3. The first-order valence-corrected chi connectivity index (χ1v) is 5.50. The lowest BCUT2D eigenvalue weighted by atomic mass is 10.4. The quantitative estimate of drug-likeness (QED) is 0.928. The Labute approximate surface area is 96.5 Å². The summed E-state index contributed by atoms with van der Waals surface area (Å²) >= 11 is 3.35. The maximum atomic E-state index is 4.41. The molecule has 0 amide bonds. The maximum Gasteiger partial charge on any atom is 0.155 e. The lowest BCUT2D eigenvalue weighted by molar-refractivity contribution is 0.847. The van der Waals surface area contributed by atoms with Gasteiger partial charge < -0.3 is 5.32 Å². The van der Waals surface area contributed by atoms with Gasteiger partial charge in [-0.2, -0.15) is 5.10 Å².